The molecule has 0 unspecified atom stereocenters. The number of esters is 1. The van der Waals surface area contributed by atoms with E-state index in [0.29, 0.717) is 22.8 Å². The number of aryl methyl sites for hydroxylation is 1. The van der Waals surface area contributed by atoms with E-state index in [1.54, 1.807) is 49.0 Å². The molecule has 0 aliphatic heterocycles. The minimum atomic E-state index is -0.571. The van der Waals surface area contributed by atoms with Crippen LogP contribution in [0.5, 0.6) is 0 Å². The van der Waals surface area contributed by atoms with Gasteiger partial charge in [0, 0.05) is 23.3 Å². The molecule has 2 aromatic rings. The van der Waals surface area contributed by atoms with E-state index in [1.165, 1.54) is 0 Å². The van der Waals surface area contributed by atoms with E-state index in [4.69, 9.17) is 16.3 Å². The molecule has 0 bridgehead atoms. The van der Waals surface area contributed by atoms with Crippen LogP contribution >= 0.6 is 11.6 Å². The average Bonchev–Trinajstić information content (AvgIpc) is 2.90. The molecule has 6 nitrogen and oxygen atoms in total. The van der Waals surface area contributed by atoms with Crippen LogP contribution in [0.4, 0.5) is 5.69 Å². The minimum absolute atomic E-state index is 0.0860. The number of carbonyl (C=O) groups excluding carboxylic acids is 2. The highest BCUT2D eigenvalue weighted by Gasteiger charge is 2.21. The second kappa shape index (κ2) is 7.28. The van der Waals surface area contributed by atoms with Crippen molar-refractivity contribution in [2.45, 2.75) is 33.4 Å². The molecule has 2 rings (SSSR count). The van der Waals surface area contributed by atoms with E-state index < -0.39 is 5.97 Å². The molecule has 1 aromatic carbocycles. The van der Waals surface area contributed by atoms with Crippen molar-refractivity contribution in [1.29, 1.82) is 0 Å². The van der Waals surface area contributed by atoms with E-state index in [9.17, 15) is 9.59 Å². The molecule has 23 heavy (non-hydrogen) atoms. The Hall–Kier alpha value is -2.34. The number of ether oxygens (including phenoxy) is 1. The zero-order valence-corrected chi connectivity index (χ0v) is 13.9. The van der Waals surface area contributed by atoms with Crippen LogP contribution in [-0.4, -0.2) is 27.8 Å². The standard InChI is InChI=1S/C16H18ClN3O3/c1-4-20-9-13(14(19-20)16(22)23-10(2)3)18-15(21)11-5-7-12(17)8-6-11/h5-10H,4H2,1-3H3,(H,18,21). The molecule has 1 amide bonds. The third-order valence-electron chi connectivity index (χ3n) is 2.98. The minimum Gasteiger partial charge on any atom is -0.458 e. The van der Waals surface area contributed by atoms with Crippen molar-refractivity contribution >= 4 is 29.2 Å². The van der Waals surface area contributed by atoms with Gasteiger partial charge in [0.1, 0.15) is 0 Å². The lowest BCUT2D eigenvalue weighted by atomic mass is 10.2. The third-order valence-corrected chi connectivity index (χ3v) is 3.23. The quantitative estimate of drug-likeness (QED) is 0.850. The largest absolute Gasteiger partial charge is 0.458 e. The number of carbonyl (C=O) groups is 2. The summed E-state index contributed by atoms with van der Waals surface area (Å²) < 4.78 is 6.72. The zero-order chi connectivity index (χ0) is 17.0. The highest BCUT2D eigenvalue weighted by atomic mass is 35.5. The van der Waals surface area contributed by atoms with Crippen LogP contribution in [0.15, 0.2) is 30.5 Å². The molecule has 0 fully saturated rings. The Labute approximate surface area is 139 Å². The van der Waals surface area contributed by atoms with Crippen LogP contribution < -0.4 is 5.32 Å². The summed E-state index contributed by atoms with van der Waals surface area (Å²) in [6.07, 6.45) is 1.33. The Morgan fingerprint density at radius 1 is 1.30 bits per heavy atom. The first-order valence-electron chi connectivity index (χ1n) is 7.26. The van der Waals surface area contributed by atoms with E-state index in [2.05, 4.69) is 10.4 Å². The lowest BCUT2D eigenvalue weighted by molar-refractivity contribution is 0.0371. The lowest BCUT2D eigenvalue weighted by Crippen LogP contribution is -2.17. The fourth-order valence-electron chi connectivity index (χ4n) is 1.89. The second-order valence-corrected chi connectivity index (χ2v) is 5.60. The Kier molecular flexibility index (Phi) is 5.39. The van der Waals surface area contributed by atoms with E-state index in [0.717, 1.165) is 0 Å². The summed E-state index contributed by atoms with van der Waals surface area (Å²) in [6.45, 7) is 5.95. The molecule has 0 aliphatic rings. The van der Waals surface area contributed by atoms with Crippen LogP contribution in [0.2, 0.25) is 5.02 Å². The van der Waals surface area contributed by atoms with Crippen molar-refractivity contribution in [2.24, 2.45) is 0 Å². The molecular weight excluding hydrogens is 318 g/mol. The molecule has 7 heteroatoms. The summed E-state index contributed by atoms with van der Waals surface area (Å²) in [7, 11) is 0. The van der Waals surface area contributed by atoms with Gasteiger partial charge in [0.25, 0.3) is 5.91 Å². The maximum absolute atomic E-state index is 12.3. The first-order valence-corrected chi connectivity index (χ1v) is 7.63. The number of rotatable bonds is 5. The molecule has 0 saturated heterocycles. The molecule has 1 heterocycles. The number of amides is 1. The third kappa shape index (κ3) is 4.32. The first kappa shape index (κ1) is 17.0. The normalized spacial score (nSPS) is 10.7. The van der Waals surface area contributed by atoms with Crippen LogP contribution in [-0.2, 0) is 11.3 Å². The summed E-state index contributed by atoms with van der Waals surface area (Å²) in [5, 5.41) is 7.38. The molecule has 0 radical (unpaired) electrons. The van der Waals surface area contributed by atoms with Crippen molar-refractivity contribution in [3.05, 3.63) is 46.7 Å². The zero-order valence-electron chi connectivity index (χ0n) is 13.2. The molecule has 0 saturated carbocycles. The first-order chi connectivity index (χ1) is 10.9. The van der Waals surface area contributed by atoms with Crippen LogP contribution in [0, 0.1) is 0 Å². The van der Waals surface area contributed by atoms with Crippen LogP contribution in [0.25, 0.3) is 0 Å². The number of nitrogens with one attached hydrogen (secondary N) is 1. The maximum Gasteiger partial charge on any atom is 0.361 e. The molecule has 0 aliphatic carbocycles. The van der Waals surface area contributed by atoms with Gasteiger partial charge in [-0.15, -0.1) is 0 Å². The monoisotopic (exact) mass is 335 g/mol. The van der Waals surface area contributed by atoms with Crippen molar-refractivity contribution < 1.29 is 14.3 Å². The van der Waals surface area contributed by atoms with Gasteiger partial charge < -0.3 is 10.1 Å². The predicted octanol–water partition coefficient (Wildman–Crippen LogP) is 3.37. The fraction of sp³-hybridized carbons (Fsp3) is 0.312. The smallest absolute Gasteiger partial charge is 0.361 e. The Balaban J connectivity index is 2.24. The second-order valence-electron chi connectivity index (χ2n) is 5.16. The van der Waals surface area contributed by atoms with Gasteiger partial charge in [-0.3, -0.25) is 9.48 Å². The van der Waals surface area contributed by atoms with E-state index >= 15 is 0 Å². The SMILES string of the molecule is CCn1cc(NC(=O)c2ccc(Cl)cc2)c(C(=O)OC(C)C)n1. The molecule has 1 aromatic heterocycles. The average molecular weight is 336 g/mol. The Morgan fingerprint density at radius 2 is 1.96 bits per heavy atom. The summed E-state index contributed by atoms with van der Waals surface area (Å²) in [6, 6.07) is 6.46. The summed E-state index contributed by atoms with van der Waals surface area (Å²) in [5.74, 6) is -0.922. The van der Waals surface area contributed by atoms with Gasteiger partial charge in [0.15, 0.2) is 5.69 Å². The van der Waals surface area contributed by atoms with Crippen molar-refractivity contribution in [3.8, 4) is 0 Å². The lowest BCUT2D eigenvalue weighted by Gasteiger charge is -2.08. The fourth-order valence-corrected chi connectivity index (χ4v) is 2.02. The number of halogens is 1. The Morgan fingerprint density at radius 3 is 2.52 bits per heavy atom. The van der Waals surface area contributed by atoms with Gasteiger partial charge in [-0.1, -0.05) is 11.6 Å². The number of nitrogens with zero attached hydrogens (tertiary/aromatic N) is 2. The summed E-state index contributed by atoms with van der Waals surface area (Å²) in [4.78, 5) is 24.4. The summed E-state index contributed by atoms with van der Waals surface area (Å²) in [5.41, 5.74) is 0.835. The highest BCUT2D eigenvalue weighted by Crippen LogP contribution is 2.18. The maximum atomic E-state index is 12.3. The Bertz CT molecular complexity index is 708. The van der Waals surface area contributed by atoms with E-state index in [1.807, 2.05) is 6.92 Å². The van der Waals surface area contributed by atoms with Gasteiger partial charge in [-0.25, -0.2) is 4.79 Å². The predicted molar refractivity (Wildman–Crippen MR) is 87.9 cm³/mol. The number of anilines is 1. The van der Waals surface area contributed by atoms with Crippen molar-refractivity contribution in [3.63, 3.8) is 0 Å². The van der Waals surface area contributed by atoms with Crippen LogP contribution in [0.1, 0.15) is 41.6 Å². The number of benzene rings is 1. The number of aromatic nitrogens is 2. The molecule has 1 N–H and O–H groups in total. The topological polar surface area (TPSA) is 73.2 Å². The van der Waals surface area contributed by atoms with Gasteiger partial charge in [-0.05, 0) is 45.0 Å². The molecule has 0 atom stereocenters. The van der Waals surface area contributed by atoms with Gasteiger partial charge in [0.05, 0.1) is 11.8 Å². The molecular formula is C16H18ClN3O3. The van der Waals surface area contributed by atoms with Gasteiger partial charge >= 0.3 is 5.97 Å². The van der Waals surface area contributed by atoms with Gasteiger partial charge in [0.2, 0.25) is 0 Å². The van der Waals surface area contributed by atoms with Crippen LogP contribution in [0.3, 0.4) is 0 Å². The van der Waals surface area contributed by atoms with E-state index in [-0.39, 0.29) is 17.7 Å². The highest BCUT2D eigenvalue weighted by molar-refractivity contribution is 6.30. The molecule has 0 spiro atoms. The number of hydrogen-bond acceptors (Lipinski definition) is 4. The summed E-state index contributed by atoms with van der Waals surface area (Å²) >= 11 is 5.81. The number of hydrogen-bond donors (Lipinski definition) is 1. The molecule has 122 valence electrons. The van der Waals surface area contributed by atoms with Gasteiger partial charge in [-0.2, -0.15) is 5.10 Å². The van der Waals surface area contributed by atoms with Crippen molar-refractivity contribution in [1.82, 2.24) is 9.78 Å². The van der Waals surface area contributed by atoms with Crippen molar-refractivity contribution in [2.75, 3.05) is 5.32 Å².